The number of nitro benzene ring substituents is 1. The molecule has 0 fully saturated rings. The average molecular weight is 260 g/mol. The summed E-state index contributed by atoms with van der Waals surface area (Å²) < 4.78 is 0. The average Bonchev–Trinajstić information content (AvgIpc) is 2.21. The van der Waals surface area contributed by atoms with Crippen LogP contribution in [-0.2, 0) is 0 Å². The number of benzene rings is 1. The molecule has 17 heavy (non-hydrogen) atoms. The van der Waals surface area contributed by atoms with E-state index < -0.39 is 28.2 Å². The number of phenols is 2. The first-order valence-corrected chi connectivity index (χ1v) is 4.30. The third-order valence-electron chi connectivity index (χ3n) is 2.03. The molecule has 0 aliphatic rings. The number of hydrogen-bond donors (Lipinski definition) is 3. The zero-order valence-corrected chi connectivity index (χ0v) is 9.35. The SMILES string of the molecule is Cl.N#CC[C@@H](N)c1cc(O)c(O)c([N+](=O)[O-])c1. The van der Waals surface area contributed by atoms with Crippen molar-refractivity contribution >= 4 is 18.1 Å². The van der Waals surface area contributed by atoms with Crippen LogP contribution < -0.4 is 5.73 Å². The summed E-state index contributed by atoms with van der Waals surface area (Å²) in [5.41, 5.74) is 5.15. The molecule has 0 saturated heterocycles. The van der Waals surface area contributed by atoms with E-state index in [2.05, 4.69) is 0 Å². The highest BCUT2D eigenvalue weighted by Crippen LogP contribution is 2.37. The van der Waals surface area contributed by atoms with Gasteiger partial charge in [0.2, 0.25) is 5.75 Å². The number of nitrogens with two attached hydrogens (primary N) is 1. The largest absolute Gasteiger partial charge is 0.504 e. The van der Waals surface area contributed by atoms with Gasteiger partial charge in [0.15, 0.2) is 5.75 Å². The van der Waals surface area contributed by atoms with Crippen molar-refractivity contribution in [3.63, 3.8) is 0 Å². The topological polar surface area (TPSA) is 133 Å². The van der Waals surface area contributed by atoms with E-state index >= 15 is 0 Å². The minimum Gasteiger partial charge on any atom is -0.504 e. The maximum absolute atomic E-state index is 10.5. The second kappa shape index (κ2) is 5.89. The highest BCUT2D eigenvalue weighted by atomic mass is 35.5. The predicted molar refractivity (Wildman–Crippen MR) is 60.8 cm³/mol. The van der Waals surface area contributed by atoms with Crippen LogP contribution in [0.4, 0.5) is 5.69 Å². The fraction of sp³-hybridized carbons (Fsp3) is 0.222. The lowest BCUT2D eigenvalue weighted by atomic mass is 10.0. The molecule has 0 aliphatic carbocycles. The molecular formula is C9H10ClN3O4. The first-order valence-electron chi connectivity index (χ1n) is 4.30. The first-order chi connectivity index (χ1) is 7.47. The minimum atomic E-state index is -0.836. The molecule has 0 aliphatic heterocycles. The van der Waals surface area contributed by atoms with Crippen LogP contribution >= 0.6 is 12.4 Å². The Morgan fingerprint density at radius 1 is 1.53 bits per heavy atom. The van der Waals surface area contributed by atoms with Crippen LogP contribution in [-0.4, -0.2) is 15.1 Å². The molecular weight excluding hydrogens is 250 g/mol. The van der Waals surface area contributed by atoms with E-state index in [0.29, 0.717) is 0 Å². The molecule has 0 spiro atoms. The molecule has 0 unspecified atom stereocenters. The molecule has 0 saturated carbocycles. The van der Waals surface area contributed by atoms with Crippen molar-refractivity contribution in [2.45, 2.75) is 12.5 Å². The van der Waals surface area contributed by atoms with Gasteiger partial charge in [0.25, 0.3) is 0 Å². The van der Waals surface area contributed by atoms with Gasteiger partial charge in [-0.05, 0) is 11.6 Å². The number of hydrogen-bond acceptors (Lipinski definition) is 6. The maximum atomic E-state index is 10.5. The normalized spacial score (nSPS) is 11.1. The number of phenolic OH excluding ortho intramolecular Hbond substituents is 2. The summed E-state index contributed by atoms with van der Waals surface area (Å²) in [6, 6.07) is 3.21. The molecule has 1 aromatic carbocycles. The van der Waals surface area contributed by atoms with E-state index in [1.807, 2.05) is 6.07 Å². The van der Waals surface area contributed by atoms with Crippen LogP contribution in [0.2, 0.25) is 0 Å². The zero-order valence-electron chi connectivity index (χ0n) is 8.53. The van der Waals surface area contributed by atoms with Crippen LogP contribution in [0.1, 0.15) is 18.0 Å². The van der Waals surface area contributed by atoms with Crippen LogP contribution in [0, 0.1) is 21.4 Å². The molecule has 0 aromatic heterocycles. The van der Waals surface area contributed by atoms with E-state index in [1.165, 1.54) is 0 Å². The third-order valence-corrected chi connectivity index (χ3v) is 2.03. The van der Waals surface area contributed by atoms with Crippen molar-refractivity contribution in [2.75, 3.05) is 0 Å². The van der Waals surface area contributed by atoms with Crippen LogP contribution in [0.25, 0.3) is 0 Å². The van der Waals surface area contributed by atoms with Crippen molar-refractivity contribution in [3.05, 3.63) is 27.8 Å². The Balaban J connectivity index is 0.00000256. The van der Waals surface area contributed by atoms with Gasteiger partial charge in [-0.1, -0.05) is 0 Å². The van der Waals surface area contributed by atoms with Crippen LogP contribution in [0.3, 0.4) is 0 Å². The number of rotatable bonds is 3. The first kappa shape index (κ1) is 15.0. The smallest absolute Gasteiger partial charge is 0.314 e. The summed E-state index contributed by atoms with van der Waals surface area (Å²) >= 11 is 0. The molecule has 7 nitrogen and oxygen atoms in total. The summed E-state index contributed by atoms with van der Waals surface area (Å²) in [7, 11) is 0. The Morgan fingerprint density at radius 3 is 2.59 bits per heavy atom. The van der Waals surface area contributed by atoms with Crippen molar-refractivity contribution in [3.8, 4) is 17.6 Å². The molecule has 1 aromatic rings. The van der Waals surface area contributed by atoms with Crippen molar-refractivity contribution in [2.24, 2.45) is 5.73 Å². The molecule has 4 N–H and O–H groups in total. The Hall–Kier alpha value is -2.04. The monoisotopic (exact) mass is 259 g/mol. The van der Waals surface area contributed by atoms with Gasteiger partial charge in [0.05, 0.1) is 17.4 Å². The van der Waals surface area contributed by atoms with Crippen molar-refractivity contribution in [1.29, 1.82) is 5.26 Å². The Morgan fingerprint density at radius 2 is 2.12 bits per heavy atom. The van der Waals surface area contributed by atoms with Gasteiger partial charge in [-0.25, -0.2) is 0 Å². The summed E-state index contributed by atoms with van der Waals surface area (Å²) in [4.78, 5) is 9.70. The highest BCUT2D eigenvalue weighted by molar-refractivity contribution is 5.85. The lowest BCUT2D eigenvalue weighted by Gasteiger charge is -2.09. The minimum absolute atomic E-state index is 0. The van der Waals surface area contributed by atoms with Crippen molar-refractivity contribution in [1.82, 2.24) is 0 Å². The summed E-state index contributed by atoms with van der Waals surface area (Å²) in [6.07, 6.45) is -0.0403. The van der Waals surface area contributed by atoms with Crippen molar-refractivity contribution < 1.29 is 15.1 Å². The fourth-order valence-corrected chi connectivity index (χ4v) is 1.19. The molecule has 0 amide bonds. The lowest BCUT2D eigenvalue weighted by Crippen LogP contribution is -2.09. The Kier molecular flexibility index (Phi) is 5.18. The van der Waals surface area contributed by atoms with Gasteiger partial charge in [-0.15, -0.1) is 12.4 Å². The number of halogens is 1. The summed E-state index contributed by atoms with van der Waals surface area (Å²) in [5.74, 6) is -1.43. The number of nitriles is 1. The molecule has 1 rings (SSSR count). The van der Waals surface area contributed by atoms with Gasteiger partial charge < -0.3 is 15.9 Å². The standard InChI is InChI=1S/C9H9N3O4.ClH/c10-2-1-6(11)5-3-7(12(15)16)9(14)8(13)4-5;/h3-4,6,13-14H,1,11H2;1H/t6-;/m1./s1. The number of nitrogens with zero attached hydrogens (tertiary/aromatic N) is 2. The lowest BCUT2D eigenvalue weighted by molar-refractivity contribution is -0.386. The molecule has 8 heteroatoms. The summed E-state index contributed by atoms with van der Waals surface area (Å²) in [5, 5.41) is 37.4. The van der Waals surface area contributed by atoms with E-state index in [0.717, 1.165) is 12.1 Å². The predicted octanol–water partition coefficient (Wildman–Crippen LogP) is 1.34. The highest BCUT2D eigenvalue weighted by Gasteiger charge is 2.20. The van der Waals surface area contributed by atoms with Crippen LogP contribution in [0.5, 0.6) is 11.5 Å². The Labute approximate surface area is 103 Å². The summed E-state index contributed by atoms with van der Waals surface area (Å²) in [6.45, 7) is 0. The third kappa shape index (κ3) is 3.21. The molecule has 0 bridgehead atoms. The second-order valence-electron chi connectivity index (χ2n) is 3.13. The maximum Gasteiger partial charge on any atom is 0.314 e. The van der Waals surface area contributed by atoms with E-state index in [9.17, 15) is 20.3 Å². The fourth-order valence-electron chi connectivity index (χ4n) is 1.19. The van der Waals surface area contributed by atoms with E-state index in [-0.39, 0.29) is 24.4 Å². The van der Waals surface area contributed by atoms with Gasteiger partial charge in [-0.2, -0.15) is 5.26 Å². The van der Waals surface area contributed by atoms with Crippen LogP contribution in [0.15, 0.2) is 12.1 Å². The number of nitro groups is 1. The molecule has 1 atom stereocenters. The second-order valence-corrected chi connectivity index (χ2v) is 3.13. The number of aromatic hydroxyl groups is 2. The van der Waals surface area contributed by atoms with Gasteiger partial charge >= 0.3 is 5.69 Å². The molecule has 0 heterocycles. The van der Waals surface area contributed by atoms with Gasteiger partial charge in [-0.3, -0.25) is 10.1 Å². The molecule has 0 radical (unpaired) electrons. The van der Waals surface area contributed by atoms with E-state index in [1.54, 1.807) is 0 Å². The van der Waals surface area contributed by atoms with Gasteiger partial charge in [0, 0.05) is 12.1 Å². The van der Waals surface area contributed by atoms with Gasteiger partial charge in [0.1, 0.15) is 0 Å². The molecule has 92 valence electrons. The Bertz CT molecular complexity index is 472. The quantitative estimate of drug-likeness (QED) is 0.426. The zero-order chi connectivity index (χ0) is 12.3. The van der Waals surface area contributed by atoms with E-state index in [4.69, 9.17) is 11.0 Å².